The number of fused-ring (bicyclic) bond motifs is 7. The molecule has 9 aliphatic rings. The van der Waals surface area contributed by atoms with Crippen LogP contribution in [0.3, 0.4) is 0 Å². The SMILES string of the molecule is C[C@@H]1CC[C@@]2(OC1)O[C@H]1C[C@H]3[C@@H]4CC=C5C[C@@H](O[C@@H]6O[C@H](CO)[C@@H](O)[C@H](O[C@@H]7O[C@H](CO)[C@@H](O)[C@H](O)[C@H]7O)[C@H]6O[C@@H]6O[C@@H](C)[C@H](O)[C@@H](O)[C@H]6O)CC[C@]5(C)[C@H]4CC[C@]3(C)[C@@]1(O)[C@@H]2C. The van der Waals surface area contributed by atoms with Gasteiger partial charge in [0, 0.05) is 17.8 Å². The first kappa shape index (κ1) is 47.1. The van der Waals surface area contributed by atoms with E-state index in [-0.39, 0.29) is 28.8 Å². The van der Waals surface area contributed by atoms with Gasteiger partial charge in [-0.3, -0.25) is 0 Å². The Kier molecular flexibility index (Phi) is 12.9. The van der Waals surface area contributed by atoms with Crippen molar-refractivity contribution in [3.63, 3.8) is 0 Å². The number of hydrogen-bond donors (Lipinski definition) is 10. The normalized spacial score (nSPS) is 58.1. The van der Waals surface area contributed by atoms with Gasteiger partial charge in [-0.25, -0.2) is 0 Å². The lowest BCUT2D eigenvalue weighted by molar-refractivity contribution is -0.394. The van der Waals surface area contributed by atoms with Crippen LogP contribution in [0.4, 0.5) is 0 Å². The van der Waals surface area contributed by atoms with Crippen molar-refractivity contribution < 1.29 is 89.0 Å². The topological polar surface area (TPSA) is 276 Å². The minimum atomic E-state index is -1.86. The summed E-state index contributed by atoms with van der Waals surface area (Å²) in [5.41, 5.74) is -0.202. The highest BCUT2D eigenvalue weighted by molar-refractivity contribution is 5.29. The Morgan fingerprint density at radius 1 is 0.683 bits per heavy atom. The molecule has 5 saturated heterocycles. The summed E-state index contributed by atoms with van der Waals surface area (Å²) in [6.07, 6.45) is -14.6. The van der Waals surface area contributed by atoms with Crippen LogP contribution in [0.15, 0.2) is 11.6 Å². The summed E-state index contributed by atoms with van der Waals surface area (Å²) in [6, 6.07) is 0. The minimum Gasteiger partial charge on any atom is -0.394 e. The zero-order valence-electron chi connectivity index (χ0n) is 37.0. The van der Waals surface area contributed by atoms with Crippen LogP contribution in [0.5, 0.6) is 0 Å². The van der Waals surface area contributed by atoms with Crippen molar-refractivity contribution in [1.82, 2.24) is 0 Å². The molecule has 9 rings (SSSR count). The zero-order valence-corrected chi connectivity index (χ0v) is 37.0. The van der Waals surface area contributed by atoms with Crippen molar-refractivity contribution in [2.24, 2.45) is 40.4 Å². The number of aliphatic hydroxyl groups is 10. The molecule has 0 amide bonds. The number of rotatable bonds is 8. The molecule has 63 heavy (non-hydrogen) atoms. The average molecular weight is 901 g/mol. The van der Waals surface area contributed by atoms with Gasteiger partial charge in [-0.2, -0.15) is 0 Å². The Bertz CT molecular complexity index is 1660. The fourth-order valence-electron chi connectivity index (χ4n) is 13.9. The third kappa shape index (κ3) is 7.35. The van der Waals surface area contributed by atoms with Crippen molar-refractivity contribution in [3.8, 4) is 0 Å². The first-order chi connectivity index (χ1) is 29.8. The lowest BCUT2D eigenvalue weighted by atomic mass is 9.46. The first-order valence-corrected chi connectivity index (χ1v) is 23.5. The predicted octanol–water partition coefficient (Wildman–Crippen LogP) is -0.671. The lowest BCUT2D eigenvalue weighted by Crippen LogP contribution is -2.67. The number of aliphatic hydroxyl groups excluding tert-OH is 9. The van der Waals surface area contributed by atoms with E-state index in [0.717, 1.165) is 44.9 Å². The molecule has 0 bridgehead atoms. The second-order valence-electron chi connectivity index (χ2n) is 21.2. The average Bonchev–Trinajstić information content (AvgIpc) is 3.62. The second-order valence-corrected chi connectivity index (χ2v) is 21.2. The van der Waals surface area contributed by atoms with Crippen molar-refractivity contribution in [2.45, 2.75) is 208 Å². The van der Waals surface area contributed by atoms with E-state index < -0.39 is 123 Å². The number of hydrogen-bond acceptors (Lipinski definition) is 18. The van der Waals surface area contributed by atoms with Gasteiger partial charge >= 0.3 is 0 Å². The fourth-order valence-corrected chi connectivity index (χ4v) is 13.9. The van der Waals surface area contributed by atoms with Crippen LogP contribution >= 0.6 is 0 Å². The highest BCUT2D eigenvalue weighted by Gasteiger charge is 2.76. The Hall–Kier alpha value is -0.980. The van der Waals surface area contributed by atoms with Crippen molar-refractivity contribution >= 4 is 0 Å². The number of allylic oxidation sites excluding steroid dienone is 1. The number of ether oxygens (including phenoxy) is 8. The molecule has 0 aromatic rings. The van der Waals surface area contributed by atoms with Gasteiger partial charge in [0.05, 0.1) is 38.1 Å². The van der Waals surface area contributed by atoms with Crippen LogP contribution in [-0.4, -0.2) is 187 Å². The molecular weight excluding hydrogens is 828 g/mol. The third-order valence-corrected chi connectivity index (χ3v) is 17.9. The maximum Gasteiger partial charge on any atom is 0.187 e. The van der Waals surface area contributed by atoms with Crippen LogP contribution in [0.1, 0.15) is 92.4 Å². The van der Waals surface area contributed by atoms with Gasteiger partial charge in [-0.05, 0) is 87.4 Å². The van der Waals surface area contributed by atoms with Gasteiger partial charge in [0.1, 0.15) is 72.7 Å². The Balaban J connectivity index is 0.948. The Morgan fingerprint density at radius 2 is 1.33 bits per heavy atom. The molecule has 4 aliphatic carbocycles. The molecule has 3 saturated carbocycles. The molecule has 0 aromatic carbocycles. The molecule has 18 nitrogen and oxygen atoms in total. The largest absolute Gasteiger partial charge is 0.394 e. The monoisotopic (exact) mass is 900 g/mol. The summed E-state index contributed by atoms with van der Waals surface area (Å²) < 4.78 is 50.0. The molecule has 8 fully saturated rings. The molecule has 0 radical (unpaired) electrons. The van der Waals surface area contributed by atoms with E-state index in [1.807, 2.05) is 0 Å². The molecule has 1 spiro atoms. The molecule has 5 heterocycles. The molecule has 0 aromatic heterocycles. The highest BCUT2D eigenvalue weighted by Crippen LogP contribution is 2.72. The molecule has 0 unspecified atom stereocenters. The minimum absolute atomic E-state index is 0.143. The van der Waals surface area contributed by atoms with Crippen molar-refractivity contribution in [2.75, 3.05) is 19.8 Å². The van der Waals surface area contributed by atoms with Gasteiger partial charge in [-0.1, -0.05) is 39.3 Å². The molecule has 10 N–H and O–H groups in total. The van der Waals surface area contributed by atoms with Crippen LogP contribution in [0.2, 0.25) is 0 Å². The van der Waals surface area contributed by atoms with Crippen molar-refractivity contribution in [3.05, 3.63) is 11.6 Å². The van der Waals surface area contributed by atoms with E-state index in [1.165, 1.54) is 12.5 Å². The van der Waals surface area contributed by atoms with Crippen LogP contribution in [0.25, 0.3) is 0 Å². The highest BCUT2D eigenvalue weighted by atomic mass is 16.8. The summed E-state index contributed by atoms with van der Waals surface area (Å²) in [5.74, 6) is 0.580. The molecule has 360 valence electrons. The van der Waals surface area contributed by atoms with Crippen molar-refractivity contribution in [1.29, 1.82) is 0 Å². The van der Waals surface area contributed by atoms with Crippen LogP contribution < -0.4 is 0 Å². The third-order valence-electron chi connectivity index (χ3n) is 17.9. The van der Waals surface area contributed by atoms with E-state index in [2.05, 4.69) is 33.8 Å². The van der Waals surface area contributed by atoms with E-state index in [4.69, 9.17) is 37.9 Å². The molecule has 5 aliphatic heterocycles. The van der Waals surface area contributed by atoms with Gasteiger partial charge in [0.15, 0.2) is 24.7 Å². The van der Waals surface area contributed by atoms with Crippen LogP contribution in [0, 0.1) is 40.4 Å². The summed E-state index contributed by atoms with van der Waals surface area (Å²) in [4.78, 5) is 0. The summed E-state index contributed by atoms with van der Waals surface area (Å²) in [6.45, 7) is 9.64. The standard InChI is InChI=1S/C45H72O18/c1-19-8-13-44(56-18-19)21(3)45(55)29(63-44)15-26-24-7-6-22-14-23(9-11-42(22,4)25(24)10-12-43(26,45)5)58-41-38(62-39-35(53)33(51)30(48)20(2)57-39)37(32(50)28(17-47)60-41)61-40-36(54)34(52)31(49)27(16-46)59-40/h6,19-21,23-41,46-55H,7-18H2,1-5H3/t19-,20+,21-,23+,24-,25+,26+,27-,28-,29+,30+,31-,32-,33-,34+,35-,36-,37+,38-,39+,40+,41-,42+,43+,44-,45-/m1/s1. The maximum absolute atomic E-state index is 12.8. The summed E-state index contributed by atoms with van der Waals surface area (Å²) in [5, 5.41) is 109. The smallest absolute Gasteiger partial charge is 0.187 e. The van der Waals surface area contributed by atoms with E-state index in [1.54, 1.807) is 0 Å². The van der Waals surface area contributed by atoms with Gasteiger partial charge in [0.25, 0.3) is 0 Å². The second kappa shape index (κ2) is 17.2. The maximum atomic E-state index is 12.8. The lowest BCUT2D eigenvalue weighted by Gasteiger charge is -2.60. The first-order valence-electron chi connectivity index (χ1n) is 23.5. The molecule has 18 heteroatoms. The van der Waals surface area contributed by atoms with E-state index >= 15 is 0 Å². The summed E-state index contributed by atoms with van der Waals surface area (Å²) >= 11 is 0. The van der Waals surface area contributed by atoms with E-state index in [0.29, 0.717) is 37.2 Å². The van der Waals surface area contributed by atoms with Gasteiger partial charge in [-0.15, -0.1) is 0 Å². The van der Waals surface area contributed by atoms with Gasteiger partial charge < -0.3 is 89.0 Å². The zero-order chi connectivity index (χ0) is 45.1. The quantitative estimate of drug-likeness (QED) is 0.135. The predicted molar refractivity (Wildman–Crippen MR) is 216 cm³/mol. The Morgan fingerprint density at radius 3 is 2.02 bits per heavy atom. The van der Waals surface area contributed by atoms with Gasteiger partial charge in [0.2, 0.25) is 0 Å². The summed E-state index contributed by atoms with van der Waals surface area (Å²) in [7, 11) is 0. The van der Waals surface area contributed by atoms with E-state index in [9.17, 15) is 51.1 Å². The molecular formula is C45H72O18. The Labute approximate surface area is 368 Å². The van der Waals surface area contributed by atoms with Crippen LogP contribution in [-0.2, 0) is 37.9 Å². The fraction of sp³-hybridized carbons (Fsp3) is 0.956. The molecule has 26 atom stereocenters.